The van der Waals surface area contributed by atoms with E-state index >= 15 is 0 Å². The predicted molar refractivity (Wildman–Crippen MR) is 367 cm³/mol. The number of amides is 1. The van der Waals surface area contributed by atoms with Crippen LogP contribution in [-0.4, -0.2) is 173 Å². The minimum atomic E-state index is -4.46. The molecule has 3 fully saturated rings. The number of nitrogens with zero attached hydrogens (tertiary/aromatic N) is 3. The average molecular weight is 1460 g/mol. The van der Waals surface area contributed by atoms with Crippen LogP contribution in [0.2, 0.25) is 0 Å². The van der Waals surface area contributed by atoms with Crippen LogP contribution in [0.4, 0.5) is 44.3 Å². The van der Waals surface area contributed by atoms with E-state index in [0.717, 1.165) is 91.8 Å². The molecule has 3 saturated heterocycles. The van der Waals surface area contributed by atoms with E-state index < -0.39 is 74.2 Å². The van der Waals surface area contributed by atoms with Crippen LogP contribution in [0.15, 0.2) is 36.4 Å². The number of nitrogens with one attached hydrogen (secondary N) is 1. The fourth-order valence-electron chi connectivity index (χ4n) is 15.0. The molecule has 18 nitrogen and oxygen atoms in total. The smallest absolute Gasteiger partial charge is 0.422 e. The molecule has 102 heavy (non-hydrogen) atoms. The quantitative estimate of drug-likeness (QED) is 0.0486. The van der Waals surface area contributed by atoms with Gasteiger partial charge >= 0.3 is 36.6 Å². The van der Waals surface area contributed by atoms with E-state index in [0.29, 0.717) is 62.2 Å². The van der Waals surface area contributed by atoms with Gasteiger partial charge in [0.2, 0.25) is 0 Å². The zero-order chi connectivity index (χ0) is 75.7. The number of halogens is 9. The first-order valence-corrected chi connectivity index (χ1v) is 35.8. The lowest BCUT2D eigenvalue weighted by molar-refractivity contribution is -0.162. The van der Waals surface area contributed by atoms with Crippen molar-refractivity contribution < 1.29 is 102 Å². The number of rotatable bonds is 22. The fraction of sp³-hybridized carbons (Fsp3) is 0.720. The zero-order valence-electron chi connectivity index (χ0n) is 62.1. The average Bonchev–Trinajstić information content (AvgIpc) is 0.774. The van der Waals surface area contributed by atoms with Crippen LogP contribution in [0.5, 0.6) is 34.5 Å². The lowest BCUT2D eigenvalue weighted by atomic mass is 9.79. The predicted octanol–water partition coefficient (Wildman–Crippen LogP) is 14.5. The molecule has 3 aromatic carbocycles. The molecule has 9 rings (SSSR count). The SMILES string of the molecule is COc1cc2c(cc1OCC(F)(F)F)CCN1CC(CC(C)C)C(O)CC21.COc1cc2c(cc1OCC(F)(F)F)CCN1CC(CC(C)C)C(OC(=O)[C@@H](N)C(C)C)CC21.COc1cc2c(cc1OCC(F)(F)F)CCN1CC(CC(C)C)C(OC(=O)[C@@H](NC(=O)OC(C)(C)C)C(C)C)CC21. The van der Waals surface area contributed by atoms with Gasteiger partial charge in [0.25, 0.3) is 0 Å². The van der Waals surface area contributed by atoms with Crippen LogP contribution >= 0.6 is 0 Å². The van der Waals surface area contributed by atoms with Crippen molar-refractivity contribution in [2.45, 2.75) is 220 Å². The molecule has 4 N–H and O–H groups in total. The highest BCUT2D eigenvalue weighted by atomic mass is 19.4. The zero-order valence-corrected chi connectivity index (χ0v) is 62.1. The van der Waals surface area contributed by atoms with Gasteiger partial charge in [0, 0.05) is 82.1 Å². The van der Waals surface area contributed by atoms with Crippen LogP contribution < -0.4 is 39.5 Å². The molecule has 576 valence electrons. The first-order chi connectivity index (χ1) is 47.5. The number of ether oxygens (including phenoxy) is 9. The number of hydrogen-bond donors (Lipinski definition) is 3. The second kappa shape index (κ2) is 35.3. The summed E-state index contributed by atoms with van der Waals surface area (Å²) in [5.41, 5.74) is 11.1. The van der Waals surface area contributed by atoms with Crippen LogP contribution in [0.25, 0.3) is 0 Å². The molecule has 0 radical (unpaired) electrons. The molecule has 6 aliphatic heterocycles. The van der Waals surface area contributed by atoms with Crippen molar-refractivity contribution in [3.05, 3.63) is 69.8 Å². The number of fused-ring (bicyclic) bond motifs is 9. The van der Waals surface area contributed by atoms with Gasteiger partial charge in [-0.1, -0.05) is 69.2 Å². The molecule has 27 heteroatoms. The first kappa shape index (κ1) is 83.1. The summed E-state index contributed by atoms with van der Waals surface area (Å²) in [7, 11) is 4.24. The lowest BCUT2D eigenvalue weighted by Crippen LogP contribution is -2.52. The molecular weight excluding hydrogens is 1350 g/mol. The van der Waals surface area contributed by atoms with Gasteiger partial charge in [-0.15, -0.1) is 0 Å². The number of aliphatic hydroxyl groups excluding tert-OH is 1. The third-order valence-electron chi connectivity index (χ3n) is 19.7. The van der Waals surface area contributed by atoms with Crippen LogP contribution in [0.3, 0.4) is 0 Å². The van der Waals surface area contributed by atoms with Gasteiger partial charge in [0.05, 0.1) is 27.4 Å². The Morgan fingerprint density at radius 1 is 0.500 bits per heavy atom. The summed E-state index contributed by atoms with van der Waals surface area (Å²) in [6.45, 7) is 26.2. The van der Waals surface area contributed by atoms with Crippen molar-refractivity contribution in [3.63, 3.8) is 0 Å². The highest BCUT2D eigenvalue weighted by Crippen LogP contribution is 2.49. The number of benzene rings is 3. The molecule has 6 aliphatic rings. The monoisotopic (exact) mass is 1460 g/mol. The summed E-state index contributed by atoms with van der Waals surface area (Å²) < 4.78 is 163. The van der Waals surface area contributed by atoms with E-state index in [2.05, 4.69) is 61.6 Å². The van der Waals surface area contributed by atoms with Crippen molar-refractivity contribution >= 4 is 18.0 Å². The molecule has 0 saturated carbocycles. The van der Waals surface area contributed by atoms with E-state index in [1.54, 1.807) is 57.2 Å². The number of carbonyl (C=O) groups excluding carboxylic acids is 3. The molecule has 0 spiro atoms. The molecule has 0 aliphatic carbocycles. The third kappa shape index (κ3) is 23.4. The van der Waals surface area contributed by atoms with E-state index in [1.165, 1.54) is 21.3 Å². The van der Waals surface area contributed by atoms with Gasteiger partial charge in [0.15, 0.2) is 54.3 Å². The minimum absolute atomic E-state index is 0.0223. The summed E-state index contributed by atoms with van der Waals surface area (Å²) in [4.78, 5) is 45.7. The summed E-state index contributed by atoms with van der Waals surface area (Å²) in [6, 6.07) is 8.66. The topological polar surface area (TPSA) is 202 Å². The molecule has 0 aromatic heterocycles. The van der Waals surface area contributed by atoms with Crippen LogP contribution in [0, 0.1) is 47.3 Å². The van der Waals surface area contributed by atoms with E-state index in [4.69, 9.17) is 48.4 Å². The number of alkyl halides is 9. The van der Waals surface area contributed by atoms with E-state index in [9.17, 15) is 59.0 Å². The highest BCUT2D eigenvalue weighted by molar-refractivity contribution is 5.82. The molecule has 3 aromatic rings. The molecular formula is C75H110F9N5O13. The standard InChI is InChI=1S/C30H45F3N2O6.C25H37F3N2O4.C20H28F3NO3/c1-17(2)11-20-15-35-10-9-19-12-25(39-16-30(31,32)33)24(38-8)13-21(19)22(35)14-23(20)40-27(36)26(18(3)4)34-28(37)41-29(5,6)7;1-14(2)8-17-12-30-7-6-16-9-22(33-13-25(26,27)28)21(32-5)10-18(16)19(30)11-20(17)34-24(31)23(29)15(3)4;1-12(2)6-14-10-24-5-4-13-7-19(27-11-20(21,22)23)18(26-3)8-15(13)16(24)9-17(14)25/h12-13,17-18,20,22-23,26H,9-11,14-16H2,1-8H3,(H,34,37);9-10,14-15,17,19-20,23H,6-8,11-13,29H2,1-5H3;7-8,12,14,16-17,25H,4-6,9-11H2,1-3H3/t20?,22?,23?,26-;17?,19?,20?,23-;/m00./s1. The maximum absolute atomic E-state index is 13.5. The van der Waals surface area contributed by atoms with Crippen molar-refractivity contribution in [2.24, 2.45) is 53.1 Å². The Morgan fingerprint density at radius 3 is 1.15 bits per heavy atom. The maximum atomic E-state index is 13.5. The Labute approximate surface area is 595 Å². The van der Waals surface area contributed by atoms with Gasteiger partial charge in [0.1, 0.15) is 29.9 Å². The van der Waals surface area contributed by atoms with Gasteiger partial charge in [-0.2, -0.15) is 39.5 Å². The molecule has 11 atom stereocenters. The molecule has 6 heterocycles. The van der Waals surface area contributed by atoms with Crippen molar-refractivity contribution in [2.75, 3.05) is 80.4 Å². The Kier molecular flexibility index (Phi) is 28.8. The highest BCUT2D eigenvalue weighted by Gasteiger charge is 2.46. The summed E-state index contributed by atoms with van der Waals surface area (Å²) >= 11 is 0. The van der Waals surface area contributed by atoms with Gasteiger partial charge in [-0.25, -0.2) is 9.59 Å². The van der Waals surface area contributed by atoms with E-state index in [-0.39, 0.29) is 94.6 Å². The number of nitrogens with two attached hydrogens (primary N) is 1. The number of aliphatic hydroxyl groups is 1. The Bertz CT molecular complexity index is 3250. The van der Waals surface area contributed by atoms with Crippen LogP contribution in [-0.2, 0) is 43.1 Å². The second-order valence-electron chi connectivity index (χ2n) is 31.1. The summed E-state index contributed by atoms with van der Waals surface area (Å²) in [5, 5.41) is 13.3. The lowest BCUT2D eigenvalue weighted by Gasteiger charge is -2.47. The van der Waals surface area contributed by atoms with Crippen molar-refractivity contribution in [1.82, 2.24) is 20.0 Å². The Hall–Kier alpha value is -6.16. The van der Waals surface area contributed by atoms with Crippen molar-refractivity contribution in [1.29, 1.82) is 0 Å². The van der Waals surface area contributed by atoms with Crippen molar-refractivity contribution in [3.8, 4) is 34.5 Å². The number of esters is 2. The Balaban J connectivity index is 0.000000219. The third-order valence-corrected chi connectivity index (χ3v) is 19.7. The largest absolute Gasteiger partial charge is 0.493 e. The van der Waals surface area contributed by atoms with Gasteiger partial charge in [-0.3, -0.25) is 19.5 Å². The number of carbonyl (C=O) groups is 3. The fourth-order valence-corrected chi connectivity index (χ4v) is 15.0. The van der Waals surface area contributed by atoms with E-state index in [1.807, 2.05) is 27.7 Å². The number of hydrogen-bond acceptors (Lipinski definition) is 17. The van der Waals surface area contributed by atoms with Crippen LogP contribution in [0.1, 0.15) is 180 Å². The molecule has 0 bridgehead atoms. The summed E-state index contributed by atoms with van der Waals surface area (Å²) in [5.74, 6) is 1.83. The summed E-state index contributed by atoms with van der Waals surface area (Å²) in [6.07, 6.45) is -8.38. The second-order valence-corrected chi connectivity index (χ2v) is 31.1. The normalized spacial score (nSPS) is 23.7. The molecule has 9 unspecified atom stereocenters. The van der Waals surface area contributed by atoms with Gasteiger partial charge in [-0.05, 0) is 171 Å². The Morgan fingerprint density at radius 2 is 0.833 bits per heavy atom. The maximum Gasteiger partial charge on any atom is 0.422 e. The molecule has 1 amide bonds. The minimum Gasteiger partial charge on any atom is -0.493 e. The van der Waals surface area contributed by atoms with Gasteiger partial charge < -0.3 is 58.8 Å². The number of methoxy groups -OCH3 is 3. The number of alkyl carbamates (subject to hydrolysis) is 1. The number of piperidine rings is 3. The first-order valence-electron chi connectivity index (χ1n) is 35.8.